The fourth-order valence-electron chi connectivity index (χ4n) is 6.02. The lowest BCUT2D eigenvalue weighted by molar-refractivity contribution is -0.117. The van der Waals surface area contributed by atoms with Crippen molar-refractivity contribution in [2.75, 3.05) is 31.2 Å². The molecule has 2 atom stereocenters. The first kappa shape index (κ1) is 26.6. The summed E-state index contributed by atoms with van der Waals surface area (Å²) in [4.78, 5) is 43.4. The van der Waals surface area contributed by atoms with E-state index in [0.717, 1.165) is 12.0 Å². The van der Waals surface area contributed by atoms with Gasteiger partial charge in [-0.05, 0) is 42.9 Å². The van der Waals surface area contributed by atoms with E-state index in [0.29, 0.717) is 65.7 Å². The Morgan fingerprint density at radius 3 is 2.63 bits per heavy atom. The van der Waals surface area contributed by atoms with Gasteiger partial charge in [-0.3, -0.25) is 9.59 Å². The van der Waals surface area contributed by atoms with Gasteiger partial charge in [-0.1, -0.05) is 36.4 Å². The van der Waals surface area contributed by atoms with E-state index >= 15 is 0 Å². The standard InChI is InChI=1S/C31H31N9O3/c1-43-24-15-19(7-8-23(24)37-30(41)22-16-21(22)18-5-3-2-4-6-18)26-25-27(32)35-17-36-29(25)40(38-26)20-9-13-39(14-10-20)31(42)28-33-11-12-34-28/h2-8,11-12,15,17,20-22H,9-10,13-14,16H2,1H3,(H,33,34)(H,37,41)(H2,32,35,36). The van der Waals surface area contributed by atoms with Crippen molar-refractivity contribution in [2.24, 2.45) is 5.92 Å². The summed E-state index contributed by atoms with van der Waals surface area (Å²) in [6.07, 6.45) is 6.89. The van der Waals surface area contributed by atoms with Crippen LogP contribution in [-0.4, -0.2) is 66.6 Å². The Morgan fingerprint density at radius 2 is 1.88 bits per heavy atom. The smallest absolute Gasteiger partial charge is 0.289 e. The Hall–Kier alpha value is -5.26. The molecule has 12 heteroatoms. The number of nitrogens with two attached hydrogens (primary N) is 1. The second-order valence-electron chi connectivity index (χ2n) is 11.0. The normalized spacial score (nSPS) is 18.5. The van der Waals surface area contributed by atoms with Gasteiger partial charge in [-0.2, -0.15) is 5.10 Å². The lowest BCUT2D eigenvalue weighted by Crippen LogP contribution is -2.39. The number of amides is 2. The number of carbonyl (C=O) groups excluding carboxylic acids is 2. The first-order valence-electron chi connectivity index (χ1n) is 14.3. The minimum atomic E-state index is -0.113. The van der Waals surface area contributed by atoms with Gasteiger partial charge in [0.1, 0.15) is 23.6 Å². The van der Waals surface area contributed by atoms with Crippen molar-refractivity contribution in [1.29, 1.82) is 0 Å². The number of piperidine rings is 1. The number of carbonyl (C=O) groups is 2. The highest BCUT2D eigenvalue weighted by atomic mass is 16.5. The third-order valence-corrected chi connectivity index (χ3v) is 8.40. The van der Waals surface area contributed by atoms with E-state index in [1.165, 1.54) is 11.9 Å². The molecule has 218 valence electrons. The van der Waals surface area contributed by atoms with Crippen LogP contribution in [0, 0.1) is 5.92 Å². The van der Waals surface area contributed by atoms with E-state index in [4.69, 9.17) is 15.6 Å². The maximum absolute atomic E-state index is 13.1. The van der Waals surface area contributed by atoms with Gasteiger partial charge in [-0.25, -0.2) is 19.6 Å². The zero-order chi connectivity index (χ0) is 29.5. The number of aromatic nitrogens is 6. The summed E-state index contributed by atoms with van der Waals surface area (Å²) in [5.74, 6) is 1.22. The molecule has 2 unspecified atom stereocenters. The second kappa shape index (κ2) is 10.9. The summed E-state index contributed by atoms with van der Waals surface area (Å²) in [5.41, 5.74) is 10.2. The number of nitrogen functional groups attached to an aromatic ring is 1. The van der Waals surface area contributed by atoms with Crippen molar-refractivity contribution < 1.29 is 14.3 Å². The third-order valence-electron chi connectivity index (χ3n) is 8.40. The van der Waals surface area contributed by atoms with Crippen molar-refractivity contribution in [3.8, 4) is 17.0 Å². The number of anilines is 2. The molecule has 7 rings (SSSR count). The van der Waals surface area contributed by atoms with Crippen LogP contribution in [0.25, 0.3) is 22.3 Å². The van der Waals surface area contributed by atoms with Crippen molar-refractivity contribution >= 4 is 34.4 Å². The van der Waals surface area contributed by atoms with E-state index in [1.54, 1.807) is 24.4 Å². The number of likely N-dealkylation sites (tertiary alicyclic amines) is 1. The number of hydrogen-bond donors (Lipinski definition) is 3. The fraction of sp³-hybridized carbons (Fsp3) is 0.290. The Labute approximate surface area is 247 Å². The fourth-order valence-corrected chi connectivity index (χ4v) is 6.02. The van der Waals surface area contributed by atoms with Gasteiger partial charge in [0.2, 0.25) is 5.91 Å². The van der Waals surface area contributed by atoms with Crippen LogP contribution in [0.1, 0.15) is 47.4 Å². The van der Waals surface area contributed by atoms with Gasteiger partial charge < -0.3 is 25.7 Å². The molecule has 2 aromatic carbocycles. The summed E-state index contributed by atoms with van der Waals surface area (Å²) in [6.45, 7) is 1.13. The number of nitrogens with one attached hydrogen (secondary N) is 2. The van der Waals surface area contributed by atoms with Crippen molar-refractivity contribution in [3.63, 3.8) is 0 Å². The highest BCUT2D eigenvalue weighted by molar-refractivity contribution is 6.00. The molecule has 1 aliphatic heterocycles. The molecule has 2 aliphatic rings. The van der Waals surface area contributed by atoms with Crippen LogP contribution in [0.3, 0.4) is 0 Å². The van der Waals surface area contributed by atoms with Crippen LogP contribution in [0.5, 0.6) is 5.75 Å². The van der Waals surface area contributed by atoms with Gasteiger partial charge in [0.15, 0.2) is 11.5 Å². The van der Waals surface area contributed by atoms with Crippen LogP contribution < -0.4 is 15.8 Å². The molecular formula is C31H31N9O3. The summed E-state index contributed by atoms with van der Waals surface area (Å²) in [6, 6.07) is 15.7. The monoisotopic (exact) mass is 577 g/mol. The molecule has 4 N–H and O–H groups in total. The highest BCUT2D eigenvalue weighted by Crippen LogP contribution is 2.48. The molecule has 0 bridgehead atoms. The zero-order valence-corrected chi connectivity index (χ0v) is 23.6. The number of nitrogens with zero attached hydrogens (tertiary/aromatic N) is 6. The number of ether oxygens (including phenoxy) is 1. The number of aromatic amines is 1. The number of hydrogen-bond acceptors (Lipinski definition) is 8. The molecular weight excluding hydrogens is 546 g/mol. The predicted molar refractivity (Wildman–Crippen MR) is 160 cm³/mol. The van der Waals surface area contributed by atoms with E-state index in [2.05, 4.69) is 37.4 Å². The number of imidazole rings is 1. The average molecular weight is 578 g/mol. The first-order valence-corrected chi connectivity index (χ1v) is 14.3. The van der Waals surface area contributed by atoms with Gasteiger partial charge >= 0.3 is 0 Å². The predicted octanol–water partition coefficient (Wildman–Crippen LogP) is 4.03. The molecule has 3 aromatic heterocycles. The zero-order valence-electron chi connectivity index (χ0n) is 23.6. The largest absolute Gasteiger partial charge is 0.495 e. The van der Waals surface area contributed by atoms with Crippen LogP contribution in [0.2, 0.25) is 0 Å². The van der Waals surface area contributed by atoms with Crippen LogP contribution >= 0.6 is 0 Å². The summed E-state index contributed by atoms with van der Waals surface area (Å²) in [5, 5.41) is 8.69. The molecule has 0 spiro atoms. The number of benzene rings is 2. The Bertz CT molecular complexity index is 1790. The Balaban J connectivity index is 1.13. The van der Waals surface area contributed by atoms with Crippen LogP contribution in [0.15, 0.2) is 67.3 Å². The lowest BCUT2D eigenvalue weighted by Gasteiger charge is -2.31. The van der Waals surface area contributed by atoms with Crippen molar-refractivity contribution in [2.45, 2.75) is 31.2 Å². The van der Waals surface area contributed by atoms with Gasteiger partial charge in [0.05, 0.1) is 24.2 Å². The summed E-state index contributed by atoms with van der Waals surface area (Å²) >= 11 is 0. The number of methoxy groups -OCH3 is 1. The summed E-state index contributed by atoms with van der Waals surface area (Å²) < 4.78 is 7.59. The second-order valence-corrected chi connectivity index (χ2v) is 11.0. The molecule has 1 saturated heterocycles. The molecule has 0 radical (unpaired) electrons. The van der Waals surface area contributed by atoms with E-state index in [9.17, 15) is 9.59 Å². The maximum atomic E-state index is 13.1. The van der Waals surface area contributed by atoms with Crippen LogP contribution in [-0.2, 0) is 4.79 Å². The minimum Gasteiger partial charge on any atom is -0.495 e. The van der Waals surface area contributed by atoms with E-state index in [1.807, 2.05) is 41.1 Å². The van der Waals surface area contributed by atoms with E-state index in [-0.39, 0.29) is 29.7 Å². The molecule has 12 nitrogen and oxygen atoms in total. The minimum absolute atomic E-state index is 0.0164. The number of fused-ring (bicyclic) bond motifs is 1. The lowest BCUT2D eigenvalue weighted by atomic mass is 10.0. The Morgan fingerprint density at radius 1 is 1.07 bits per heavy atom. The topological polar surface area (TPSA) is 157 Å². The molecule has 1 aliphatic carbocycles. The number of rotatable bonds is 7. The molecule has 5 aromatic rings. The molecule has 43 heavy (non-hydrogen) atoms. The SMILES string of the molecule is COc1cc(-c2nn(C3CCN(C(=O)c4ncc[nH]4)CC3)c3ncnc(N)c23)ccc1NC(=O)C1CC1c1ccccc1. The van der Waals surface area contributed by atoms with Crippen molar-refractivity contribution in [1.82, 2.24) is 34.6 Å². The molecule has 2 amide bonds. The summed E-state index contributed by atoms with van der Waals surface area (Å²) in [7, 11) is 1.57. The van der Waals surface area contributed by atoms with E-state index < -0.39 is 0 Å². The van der Waals surface area contributed by atoms with Crippen LogP contribution in [0.4, 0.5) is 11.5 Å². The van der Waals surface area contributed by atoms with Gasteiger partial charge in [0, 0.05) is 37.0 Å². The molecule has 1 saturated carbocycles. The number of H-pyrrole nitrogens is 1. The third kappa shape index (κ3) is 4.94. The molecule has 4 heterocycles. The maximum Gasteiger partial charge on any atom is 0.289 e. The molecule has 2 fully saturated rings. The van der Waals surface area contributed by atoms with Gasteiger partial charge in [0.25, 0.3) is 5.91 Å². The quantitative estimate of drug-likeness (QED) is 0.262. The highest BCUT2D eigenvalue weighted by Gasteiger charge is 2.44. The van der Waals surface area contributed by atoms with Gasteiger partial charge in [-0.15, -0.1) is 0 Å². The Kier molecular flexibility index (Phi) is 6.72. The average Bonchev–Trinajstić information content (AvgIpc) is 3.46. The van der Waals surface area contributed by atoms with Crippen molar-refractivity contribution in [3.05, 3.63) is 78.6 Å². The first-order chi connectivity index (χ1) is 21.0.